The van der Waals surface area contributed by atoms with Crippen molar-refractivity contribution in [2.45, 2.75) is 44.8 Å². The Labute approximate surface area is 140 Å². The Morgan fingerprint density at radius 3 is 1.83 bits per heavy atom. The van der Waals surface area contributed by atoms with E-state index in [9.17, 15) is 0 Å². The monoisotopic (exact) mass is 308 g/mol. The highest BCUT2D eigenvalue weighted by Crippen LogP contribution is 2.25. The second-order valence-electron chi connectivity index (χ2n) is 6.85. The van der Waals surface area contributed by atoms with Crippen LogP contribution in [0.4, 0.5) is 0 Å². The number of hydrogen-bond donors (Lipinski definition) is 1. The maximum atomic E-state index is 6.39. The number of rotatable bonds is 6. The van der Waals surface area contributed by atoms with Crippen molar-refractivity contribution >= 4 is 0 Å². The van der Waals surface area contributed by atoms with Crippen molar-refractivity contribution < 1.29 is 0 Å². The van der Waals surface area contributed by atoms with Gasteiger partial charge in [0.1, 0.15) is 0 Å². The summed E-state index contributed by atoms with van der Waals surface area (Å²) in [5.74, 6) is 0.635. The highest BCUT2D eigenvalue weighted by atomic mass is 15.1. The molecule has 2 aromatic rings. The van der Waals surface area contributed by atoms with Crippen LogP contribution in [0.25, 0.3) is 0 Å². The van der Waals surface area contributed by atoms with Crippen LogP contribution in [-0.2, 0) is 13.1 Å². The predicted molar refractivity (Wildman–Crippen MR) is 96.9 cm³/mol. The predicted octanol–water partition coefficient (Wildman–Crippen LogP) is 4.21. The lowest BCUT2D eigenvalue weighted by atomic mass is 9.84. The van der Waals surface area contributed by atoms with Gasteiger partial charge in [0.25, 0.3) is 0 Å². The summed E-state index contributed by atoms with van der Waals surface area (Å²) in [6, 6.07) is 21.9. The van der Waals surface area contributed by atoms with E-state index in [1.54, 1.807) is 0 Å². The molecule has 2 N–H and O–H groups in total. The highest BCUT2D eigenvalue weighted by Gasteiger charge is 2.24. The minimum Gasteiger partial charge on any atom is -0.327 e. The average Bonchev–Trinajstić information content (AvgIpc) is 2.59. The summed E-state index contributed by atoms with van der Waals surface area (Å²) >= 11 is 0. The number of hydrogen-bond acceptors (Lipinski definition) is 2. The molecule has 0 heterocycles. The van der Waals surface area contributed by atoms with E-state index in [-0.39, 0.29) is 0 Å². The van der Waals surface area contributed by atoms with Crippen LogP contribution in [0.15, 0.2) is 60.7 Å². The van der Waals surface area contributed by atoms with Crippen LogP contribution < -0.4 is 5.73 Å². The van der Waals surface area contributed by atoms with Gasteiger partial charge in [-0.25, -0.2) is 0 Å². The molecule has 0 amide bonds. The van der Waals surface area contributed by atoms with Gasteiger partial charge in [-0.05, 0) is 29.9 Å². The third-order valence-corrected chi connectivity index (χ3v) is 4.96. The molecule has 1 fully saturated rings. The Kier molecular flexibility index (Phi) is 5.84. The van der Waals surface area contributed by atoms with Crippen LogP contribution in [-0.4, -0.2) is 17.5 Å². The van der Waals surface area contributed by atoms with E-state index in [0.29, 0.717) is 12.0 Å². The summed E-state index contributed by atoms with van der Waals surface area (Å²) in [6.07, 6.45) is 5.11. The van der Waals surface area contributed by atoms with Gasteiger partial charge in [-0.15, -0.1) is 0 Å². The van der Waals surface area contributed by atoms with Gasteiger partial charge in [0.2, 0.25) is 0 Å². The normalized spacial score (nSPS) is 21.5. The molecule has 0 aromatic heterocycles. The van der Waals surface area contributed by atoms with Crippen molar-refractivity contribution in [2.75, 3.05) is 6.54 Å². The molecule has 0 aliphatic heterocycles. The Morgan fingerprint density at radius 1 is 0.783 bits per heavy atom. The SMILES string of the molecule is NC1CCCCC1CN(Cc1ccccc1)Cc1ccccc1. The molecule has 0 spiro atoms. The summed E-state index contributed by atoms with van der Waals surface area (Å²) in [4.78, 5) is 2.57. The van der Waals surface area contributed by atoms with Crippen LogP contribution in [0.1, 0.15) is 36.8 Å². The average molecular weight is 308 g/mol. The Hall–Kier alpha value is -1.64. The van der Waals surface area contributed by atoms with Crippen LogP contribution in [0.5, 0.6) is 0 Å². The minimum atomic E-state index is 0.373. The molecule has 0 radical (unpaired) electrons. The third-order valence-electron chi connectivity index (χ3n) is 4.96. The molecule has 3 rings (SSSR count). The molecule has 2 atom stereocenters. The number of nitrogens with zero attached hydrogens (tertiary/aromatic N) is 1. The van der Waals surface area contributed by atoms with E-state index >= 15 is 0 Å². The summed E-state index contributed by atoms with van der Waals surface area (Å²) < 4.78 is 0. The lowest BCUT2D eigenvalue weighted by Crippen LogP contribution is -2.40. The Balaban J connectivity index is 1.69. The lowest BCUT2D eigenvalue weighted by molar-refractivity contribution is 0.171. The van der Waals surface area contributed by atoms with E-state index in [0.717, 1.165) is 19.6 Å². The van der Waals surface area contributed by atoms with E-state index in [4.69, 9.17) is 5.73 Å². The van der Waals surface area contributed by atoms with Gasteiger partial charge in [-0.1, -0.05) is 73.5 Å². The molecule has 122 valence electrons. The fourth-order valence-electron chi connectivity index (χ4n) is 3.66. The smallest absolute Gasteiger partial charge is 0.0237 e. The number of nitrogens with two attached hydrogens (primary N) is 1. The molecular weight excluding hydrogens is 280 g/mol. The van der Waals surface area contributed by atoms with E-state index in [1.807, 2.05) is 0 Å². The highest BCUT2D eigenvalue weighted by molar-refractivity contribution is 5.17. The Bertz CT molecular complexity index is 525. The molecule has 2 nitrogen and oxygen atoms in total. The van der Waals surface area contributed by atoms with Crippen molar-refractivity contribution in [3.63, 3.8) is 0 Å². The van der Waals surface area contributed by atoms with Gasteiger partial charge in [-0.3, -0.25) is 4.90 Å². The fraction of sp³-hybridized carbons (Fsp3) is 0.429. The van der Waals surface area contributed by atoms with Gasteiger partial charge in [0.15, 0.2) is 0 Å². The van der Waals surface area contributed by atoms with Crippen molar-refractivity contribution in [1.29, 1.82) is 0 Å². The first-order valence-electron chi connectivity index (χ1n) is 8.87. The van der Waals surface area contributed by atoms with Crippen LogP contribution in [0, 0.1) is 5.92 Å². The first-order chi connectivity index (χ1) is 11.3. The molecular formula is C21H28N2. The van der Waals surface area contributed by atoms with Gasteiger partial charge in [0.05, 0.1) is 0 Å². The maximum Gasteiger partial charge on any atom is 0.0237 e. The summed E-state index contributed by atoms with van der Waals surface area (Å²) in [7, 11) is 0. The molecule has 2 heteroatoms. The van der Waals surface area contributed by atoms with E-state index < -0.39 is 0 Å². The molecule has 1 aliphatic carbocycles. The first-order valence-corrected chi connectivity index (χ1v) is 8.87. The zero-order chi connectivity index (χ0) is 15.9. The van der Waals surface area contributed by atoms with Gasteiger partial charge < -0.3 is 5.73 Å². The van der Waals surface area contributed by atoms with Crippen molar-refractivity contribution in [1.82, 2.24) is 4.90 Å². The van der Waals surface area contributed by atoms with Gasteiger partial charge in [-0.2, -0.15) is 0 Å². The topological polar surface area (TPSA) is 29.3 Å². The van der Waals surface area contributed by atoms with Crippen LogP contribution >= 0.6 is 0 Å². The quantitative estimate of drug-likeness (QED) is 0.866. The van der Waals surface area contributed by atoms with Gasteiger partial charge >= 0.3 is 0 Å². The lowest BCUT2D eigenvalue weighted by Gasteiger charge is -2.34. The van der Waals surface area contributed by atoms with E-state index in [1.165, 1.54) is 36.8 Å². The van der Waals surface area contributed by atoms with Crippen molar-refractivity contribution in [3.8, 4) is 0 Å². The molecule has 2 unspecified atom stereocenters. The van der Waals surface area contributed by atoms with E-state index in [2.05, 4.69) is 65.6 Å². The molecule has 1 aliphatic rings. The molecule has 1 saturated carbocycles. The molecule has 2 aromatic carbocycles. The number of benzene rings is 2. The molecule has 23 heavy (non-hydrogen) atoms. The maximum absolute atomic E-state index is 6.39. The zero-order valence-corrected chi connectivity index (χ0v) is 13.9. The second-order valence-corrected chi connectivity index (χ2v) is 6.85. The standard InChI is InChI=1S/C21H28N2/c22-21-14-8-7-13-20(21)17-23(15-18-9-3-1-4-10-18)16-19-11-5-2-6-12-19/h1-6,9-12,20-21H,7-8,13-17,22H2. The van der Waals surface area contributed by atoms with Gasteiger partial charge in [0, 0.05) is 25.7 Å². The van der Waals surface area contributed by atoms with Crippen LogP contribution in [0.3, 0.4) is 0 Å². The fourth-order valence-corrected chi connectivity index (χ4v) is 3.66. The van der Waals surface area contributed by atoms with Crippen molar-refractivity contribution in [3.05, 3.63) is 71.8 Å². The Morgan fingerprint density at radius 2 is 1.30 bits per heavy atom. The molecule has 0 bridgehead atoms. The zero-order valence-electron chi connectivity index (χ0n) is 13.9. The second kappa shape index (κ2) is 8.28. The molecule has 0 saturated heterocycles. The van der Waals surface area contributed by atoms with Crippen molar-refractivity contribution in [2.24, 2.45) is 11.7 Å². The summed E-state index contributed by atoms with van der Waals surface area (Å²) in [5.41, 5.74) is 9.15. The summed E-state index contributed by atoms with van der Waals surface area (Å²) in [6.45, 7) is 3.10. The third kappa shape index (κ3) is 4.92. The first kappa shape index (κ1) is 16.2. The largest absolute Gasteiger partial charge is 0.327 e. The van der Waals surface area contributed by atoms with Crippen LogP contribution in [0.2, 0.25) is 0 Å². The minimum absolute atomic E-state index is 0.373. The summed E-state index contributed by atoms with van der Waals surface area (Å²) in [5, 5.41) is 0.